The van der Waals surface area contributed by atoms with Gasteiger partial charge in [-0.1, -0.05) is 29.9 Å². The predicted octanol–water partition coefficient (Wildman–Crippen LogP) is 1.24. The lowest BCUT2D eigenvalue weighted by molar-refractivity contribution is -0.136. The first-order valence-electron chi connectivity index (χ1n) is 7.45. The molecule has 0 saturated heterocycles. The molecule has 0 aliphatic carbocycles. The Morgan fingerprint density at radius 3 is 2.36 bits per heavy atom. The third kappa shape index (κ3) is 5.80. The van der Waals surface area contributed by atoms with Crippen LogP contribution < -0.4 is 16.0 Å². The number of hydrogen-bond donors (Lipinski definition) is 3. The van der Waals surface area contributed by atoms with Gasteiger partial charge >= 0.3 is 11.8 Å². The number of aryl methyl sites for hydroxylation is 1. The number of nitrogens with zero attached hydrogens (tertiary/aromatic N) is 2. The highest BCUT2D eigenvalue weighted by Gasteiger charge is 2.15. The van der Waals surface area contributed by atoms with Crippen molar-refractivity contribution in [1.29, 1.82) is 0 Å². The van der Waals surface area contributed by atoms with Crippen molar-refractivity contribution in [3.63, 3.8) is 0 Å². The second-order valence-electron chi connectivity index (χ2n) is 4.83. The third-order valence-electron chi connectivity index (χ3n) is 3.00. The molecule has 10 heteroatoms. The van der Waals surface area contributed by atoms with E-state index in [0.717, 1.165) is 5.01 Å². The van der Waals surface area contributed by atoms with Gasteiger partial charge in [0.25, 0.3) is 5.91 Å². The van der Waals surface area contributed by atoms with Crippen molar-refractivity contribution in [2.45, 2.75) is 13.3 Å². The summed E-state index contributed by atoms with van der Waals surface area (Å²) in [6, 6.07) is 6.41. The minimum absolute atomic E-state index is 0.113. The zero-order valence-corrected chi connectivity index (χ0v) is 14.9. The lowest BCUT2D eigenvalue weighted by Gasteiger charge is -2.07. The van der Waals surface area contributed by atoms with Gasteiger partial charge in [-0.3, -0.25) is 19.7 Å². The Morgan fingerprint density at radius 2 is 1.72 bits per heavy atom. The number of hydrogen-bond acceptors (Lipinski definition) is 6. The molecule has 3 amide bonds. The second-order valence-corrected chi connectivity index (χ2v) is 6.33. The number of carbonyl (C=O) groups is 3. The lowest BCUT2D eigenvalue weighted by Crippen LogP contribution is -2.40. The molecule has 0 radical (unpaired) electrons. The molecular weight excluding hydrogens is 366 g/mol. The summed E-state index contributed by atoms with van der Waals surface area (Å²) in [4.78, 5) is 35.2. The monoisotopic (exact) mass is 381 g/mol. The van der Waals surface area contributed by atoms with Gasteiger partial charge in [0.05, 0.1) is 0 Å². The zero-order valence-electron chi connectivity index (χ0n) is 13.3. The summed E-state index contributed by atoms with van der Waals surface area (Å²) in [5, 5.41) is 16.6. The molecule has 0 bridgehead atoms. The summed E-state index contributed by atoms with van der Waals surface area (Å²) in [7, 11) is 0. The smallest absolute Gasteiger partial charge is 0.315 e. The number of benzene rings is 1. The van der Waals surface area contributed by atoms with E-state index < -0.39 is 11.8 Å². The zero-order chi connectivity index (χ0) is 18.2. The first-order valence-corrected chi connectivity index (χ1v) is 8.64. The molecule has 1 aromatic heterocycles. The van der Waals surface area contributed by atoms with Crippen LogP contribution in [0, 0.1) is 0 Å². The van der Waals surface area contributed by atoms with Gasteiger partial charge in [0.2, 0.25) is 5.13 Å². The molecule has 3 N–H and O–H groups in total. The summed E-state index contributed by atoms with van der Waals surface area (Å²) in [6.45, 7) is 2.21. The number of aromatic nitrogens is 2. The summed E-state index contributed by atoms with van der Waals surface area (Å²) in [5.74, 6) is -1.94. The average Bonchev–Trinajstić information content (AvgIpc) is 3.06. The SMILES string of the molecule is CCc1nnc(NC(=O)C(=O)NCCNC(=O)c2ccc(Cl)cc2)s1. The fourth-order valence-electron chi connectivity index (χ4n) is 1.74. The Hall–Kier alpha value is -2.52. The molecule has 8 nitrogen and oxygen atoms in total. The molecule has 2 aromatic rings. The number of carbonyl (C=O) groups excluding carboxylic acids is 3. The quantitative estimate of drug-likeness (QED) is 0.514. The molecule has 25 heavy (non-hydrogen) atoms. The van der Waals surface area contributed by atoms with Crippen molar-refractivity contribution in [2.24, 2.45) is 0 Å². The molecule has 0 unspecified atom stereocenters. The Kier molecular flexibility index (Phi) is 6.84. The Morgan fingerprint density at radius 1 is 1.04 bits per heavy atom. The molecule has 0 spiro atoms. The van der Waals surface area contributed by atoms with Gasteiger partial charge in [0, 0.05) is 23.7 Å². The molecule has 0 aliphatic rings. The van der Waals surface area contributed by atoms with Crippen LogP contribution in [0.3, 0.4) is 0 Å². The number of rotatable bonds is 6. The first-order chi connectivity index (χ1) is 12.0. The van der Waals surface area contributed by atoms with E-state index in [-0.39, 0.29) is 24.1 Å². The minimum Gasteiger partial charge on any atom is -0.350 e. The minimum atomic E-state index is -0.831. The highest BCUT2D eigenvalue weighted by molar-refractivity contribution is 7.15. The normalized spacial score (nSPS) is 10.2. The van der Waals surface area contributed by atoms with Crippen molar-refractivity contribution in [1.82, 2.24) is 20.8 Å². The van der Waals surface area contributed by atoms with Crippen molar-refractivity contribution in [3.05, 3.63) is 39.9 Å². The fourth-order valence-corrected chi connectivity index (χ4v) is 2.54. The van der Waals surface area contributed by atoms with Crippen LogP contribution in [-0.4, -0.2) is 41.0 Å². The van der Waals surface area contributed by atoms with Gasteiger partial charge in [0.15, 0.2) is 0 Å². The third-order valence-corrected chi connectivity index (χ3v) is 4.23. The van der Waals surface area contributed by atoms with Gasteiger partial charge in [-0.2, -0.15) is 0 Å². The maximum atomic E-state index is 11.8. The summed E-state index contributed by atoms with van der Waals surface area (Å²) < 4.78 is 0. The average molecular weight is 382 g/mol. The molecule has 132 valence electrons. The van der Waals surface area contributed by atoms with Crippen LogP contribution in [0.15, 0.2) is 24.3 Å². The predicted molar refractivity (Wildman–Crippen MR) is 94.7 cm³/mol. The van der Waals surface area contributed by atoms with E-state index in [4.69, 9.17) is 11.6 Å². The van der Waals surface area contributed by atoms with Gasteiger partial charge < -0.3 is 10.6 Å². The van der Waals surface area contributed by atoms with Crippen molar-refractivity contribution in [2.75, 3.05) is 18.4 Å². The van der Waals surface area contributed by atoms with E-state index >= 15 is 0 Å². The molecular formula is C15H16ClN5O3S. The molecule has 1 heterocycles. The lowest BCUT2D eigenvalue weighted by atomic mass is 10.2. The van der Waals surface area contributed by atoms with Crippen molar-refractivity contribution in [3.8, 4) is 0 Å². The summed E-state index contributed by atoms with van der Waals surface area (Å²) >= 11 is 6.96. The molecule has 0 fully saturated rings. The fraction of sp³-hybridized carbons (Fsp3) is 0.267. The van der Waals surface area contributed by atoms with Crippen LogP contribution in [0.1, 0.15) is 22.3 Å². The first kappa shape index (κ1) is 18.8. The van der Waals surface area contributed by atoms with Crippen molar-refractivity contribution >= 4 is 45.8 Å². The van der Waals surface area contributed by atoms with Crippen LogP contribution in [0.2, 0.25) is 5.02 Å². The molecule has 0 atom stereocenters. The maximum absolute atomic E-state index is 11.8. The second kappa shape index (κ2) is 9.09. The molecule has 0 saturated carbocycles. The number of nitrogens with one attached hydrogen (secondary N) is 3. The number of halogens is 1. The van der Waals surface area contributed by atoms with Crippen LogP contribution in [0.4, 0.5) is 5.13 Å². The Labute approximate surface area is 153 Å². The van der Waals surface area contributed by atoms with E-state index in [9.17, 15) is 14.4 Å². The highest BCUT2D eigenvalue weighted by Crippen LogP contribution is 2.14. The van der Waals surface area contributed by atoms with Crippen LogP contribution in [0.5, 0.6) is 0 Å². The van der Waals surface area contributed by atoms with Gasteiger partial charge in [0.1, 0.15) is 5.01 Å². The number of anilines is 1. The molecule has 2 rings (SSSR count). The largest absolute Gasteiger partial charge is 0.350 e. The van der Waals surface area contributed by atoms with E-state index in [1.165, 1.54) is 11.3 Å². The Balaban J connectivity index is 1.70. The van der Waals surface area contributed by atoms with Crippen LogP contribution in [0.25, 0.3) is 0 Å². The topological polar surface area (TPSA) is 113 Å². The van der Waals surface area contributed by atoms with E-state index in [1.807, 2.05) is 6.92 Å². The van der Waals surface area contributed by atoms with Crippen molar-refractivity contribution < 1.29 is 14.4 Å². The van der Waals surface area contributed by atoms with E-state index in [1.54, 1.807) is 24.3 Å². The molecule has 0 aliphatic heterocycles. The van der Waals surface area contributed by atoms with Gasteiger partial charge in [-0.15, -0.1) is 10.2 Å². The Bertz CT molecular complexity index is 763. The summed E-state index contributed by atoms with van der Waals surface area (Å²) in [6.07, 6.45) is 0.701. The van der Waals surface area contributed by atoms with E-state index in [0.29, 0.717) is 17.0 Å². The number of amides is 3. The van der Waals surface area contributed by atoms with Gasteiger partial charge in [-0.05, 0) is 30.7 Å². The summed E-state index contributed by atoms with van der Waals surface area (Å²) in [5.41, 5.74) is 0.455. The maximum Gasteiger partial charge on any atom is 0.315 e. The molecule has 1 aromatic carbocycles. The van der Waals surface area contributed by atoms with E-state index in [2.05, 4.69) is 26.1 Å². The van der Waals surface area contributed by atoms with Crippen LogP contribution >= 0.6 is 22.9 Å². The standard InChI is InChI=1S/C15H16ClN5O3S/c1-2-11-20-21-15(25-11)19-14(24)13(23)18-8-7-17-12(22)9-3-5-10(16)6-4-9/h3-6H,2,7-8H2,1H3,(H,17,22)(H,18,23)(H,19,21,24). The van der Waals surface area contributed by atoms with Crippen LogP contribution in [-0.2, 0) is 16.0 Å². The highest BCUT2D eigenvalue weighted by atomic mass is 35.5. The van der Waals surface area contributed by atoms with Gasteiger partial charge in [-0.25, -0.2) is 0 Å².